The van der Waals surface area contributed by atoms with Crippen LogP contribution in [-0.2, 0) is 4.79 Å². The maximum absolute atomic E-state index is 12.7. The monoisotopic (exact) mass is 307 g/mol. The van der Waals surface area contributed by atoms with E-state index in [1.165, 1.54) is 4.90 Å². The van der Waals surface area contributed by atoms with Gasteiger partial charge in [0.1, 0.15) is 5.54 Å². The topological polar surface area (TPSA) is 91.6 Å². The second-order valence-corrected chi connectivity index (χ2v) is 6.36. The second-order valence-electron chi connectivity index (χ2n) is 6.36. The van der Waals surface area contributed by atoms with Crippen molar-refractivity contribution >= 4 is 11.9 Å². The highest BCUT2D eigenvalue weighted by molar-refractivity contribution is 6.07. The molecule has 22 heavy (non-hydrogen) atoms. The molecule has 2 atom stereocenters. The molecule has 0 unspecified atom stereocenters. The van der Waals surface area contributed by atoms with Crippen molar-refractivity contribution in [3.63, 3.8) is 0 Å². The summed E-state index contributed by atoms with van der Waals surface area (Å²) in [6, 6.07) is -0.529. The van der Waals surface area contributed by atoms with Gasteiger partial charge in [0.05, 0.1) is 6.04 Å². The molecule has 0 bridgehead atoms. The molecule has 120 valence electrons. The maximum Gasteiger partial charge on any atom is 0.325 e. The number of aryl methyl sites for hydroxylation is 1. The van der Waals surface area contributed by atoms with E-state index in [0.29, 0.717) is 31.2 Å². The summed E-state index contributed by atoms with van der Waals surface area (Å²) in [6.07, 6.45) is 0.595. The van der Waals surface area contributed by atoms with Gasteiger partial charge in [0.15, 0.2) is 5.82 Å². The molecule has 1 aromatic rings. The van der Waals surface area contributed by atoms with Gasteiger partial charge in [-0.25, -0.2) is 4.79 Å². The molecule has 1 spiro atoms. The molecule has 1 N–H and O–H groups in total. The number of hydrogen-bond donors (Lipinski definition) is 1. The number of nitrogens with zero attached hydrogens (tertiary/aromatic N) is 4. The number of aromatic nitrogens is 2. The summed E-state index contributed by atoms with van der Waals surface area (Å²) in [7, 11) is 0. The highest BCUT2D eigenvalue weighted by Crippen LogP contribution is 2.33. The van der Waals surface area contributed by atoms with Gasteiger partial charge in [0.25, 0.3) is 5.91 Å². The Kier molecular flexibility index (Phi) is 3.43. The average Bonchev–Trinajstić information content (AvgIpc) is 3.10. The predicted molar refractivity (Wildman–Crippen MR) is 76.9 cm³/mol. The lowest BCUT2D eigenvalue weighted by atomic mass is 9.98. The fourth-order valence-corrected chi connectivity index (χ4v) is 3.20. The van der Waals surface area contributed by atoms with Crippen LogP contribution in [-0.4, -0.2) is 56.5 Å². The zero-order valence-corrected chi connectivity index (χ0v) is 13.3. The van der Waals surface area contributed by atoms with Crippen molar-refractivity contribution < 1.29 is 14.1 Å². The van der Waals surface area contributed by atoms with E-state index < -0.39 is 5.54 Å². The molecular weight excluding hydrogens is 286 g/mol. The van der Waals surface area contributed by atoms with Crippen LogP contribution in [0.15, 0.2) is 4.52 Å². The van der Waals surface area contributed by atoms with Crippen LogP contribution in [0.3, 0.4) is 0 Å². The Bertz CT molecular complexity index is 613. The first-order valence-electron chi connectivity index (χ1n) is 7.54. The standard InChI is InChI=1S/C14H21N5O3/c1-8(2)19-12(20)14(16-13(19)21)5-6-18(7-14)9(3)11-15-10(4)17-22-11/h8-9H,5-7H2,1-4H3,(H,16,21)/t9-,14+/m0/s1. The summed E-state index contributed by atoms with van der Waals surface area (Å²) in [5.74, 6) is 0.989. The van der Waals surface area contributed by atoms with Crippen molar-refractivity contribution in [2.45, 2.75) is 51.7 Å². The molecule has 1 aromatic heterocycles. The number of nitrogens with one attached hydrogen (secondary N) is 1. The van der Waals surface area contributed by atoms with Gasteiger partial charge in [-0.2, -0.15) is 4.98 Å². The first-order valence-corrected chi connectivity index (χ1v) is 7.54. The van der Waals surface area contributed by atoms with Crippen LogP contribution in [0.25, 0.3) is 0 Å². The van der Waals surface area contributed by atoms with Crippen LogP contribution >= 0.6 is 0 Å². The van der Waals surface area contributed by atoms with Crippen molar-refractivity contribution in [3.8, 4) is 0 Å². The minimum absolute atomic E-state index is 0.0848. The number of carbonyl (C=O) groups is 2. The smallest absolute Gasteiger partial charge is 0.325 e. The van der Waals surface area contributed by atoms with Crippen LogP contribution in [0.5, 0.6) is 0 Å². The Balaban J connectivity index is 1.77. The largest absolute Gasteiger partial charge is 0.338 e. The third kappa shape index (κ3) is 2.18. The molecule has 0 saturated carbocycles. The minimum atomic E-state index is -0.815. The molecule has 0 aliphatic carbocycles. The van der Waals surface area contributed by atoms with Crippen LogP contribution in [0.2, 0.25) is 0 Å². The predicted octanol–water partition coefficient (Wildman–Crippen LogP) is 0.844. The lowest BCUT2D eigenvalue weighted by Gasteiger charge is -2.25. The molecule has 2 fully saturated rings. The number of imide groups is 1. The van der Waals surface area contributed by atoms with E-state index in [-0.39, 0.29) is 24.0 Å². The van der Waals surface area contributed by atoms with E-state index in [1.54, 1.807) is 6.92 Å². The van der Waals surface area contributed by atoms with E-state index in [0.717, 1.165) is 0 Å². The zero-order chi connectivity index (χ0) is 16.1. The summed E-state index contributed by atoms with van der Waals surface area (Å²) < 4.78 is 5.21. The fraction of sp³-hybridized carbons (Fsp3) is 0.714. The van der Waals surface area contributed by atoms with Gasteiger partial charge in [0.2, 0.25) is 5.89 Å². The van der Waals surface area contributed by atoms with Crippen LogP contribution < -0.4 is 5.32 Å². The number of likely N-dealkylation sites (tertiary alicyclic amines) is 1. The maximum atomic E-state index is 12.7. The fourth-order valence-electron chi connectivity index (χ4n) is 3.20. The molecule has 3 heterocycles. The van der Waals surface area contributed by atoms with Crippen molar-refractivity contribution in [2.24, 2.45) is 0 Å². The number of hydrogen-bond acceptors (Lipinski definition) is 6. The summed E-state index contributed by atoms with van der Waals surface area (Å²) in [5.41, 5.74) is -0.815. The summed E-state index contributed by atoms with van der Waals surface area (Å²) in [4.78, 5) is 32.4. The molecule has 2 aliphatic heterocycles. The molecule has 8 nitrogen and oxygen atoms in total. The molecule has 3 amide bonds. The minimum Gasteiger partial charge on any atom is -0.338 e. The SMILES string of the molecule is Cc1noc([C@H](C)N2CC[C@]3(C2)NC(=O)N(C(C)C)C3=O)n1. The Morgan fingerprint density at radius 2 is 2.05 bits per heavy atom. The molecule has 0 radical (unpaired) electrons. The van der Waals surface area contributed by atoms with Gasteiger partial charge in [-0.1, -0.05) is 5.16 Å². The lowest BCUT2D eigenvalue weighted by Crippen LogP contribution is -2.49. The Morgan fingerprint density at radius 3 is 2.59 bits per heavy atom. The highest BCUT2D eigenvalue weighted by atomic mass is 16.5. The van der Waals surface area contributed by atoms with Crippen LogP contribution in [0, 0.1) is 6.92 Å². The average molecular weight is 307 g/mol. The number of amides is 3. The number of rotatable bonds is 3. The lowest BCUT2D eigenvalue weighted by molar-refractivity contribution is -0.132. The van der Waals surface area contributed by atoms with E-state index >= 15 is 0 Å². The first-order chi connectivity index (χ1) is 10.3. The summed E-state index contributed by atoms with van der Waals surface area (Å²) >= 11 is 0. The van der Waals surface area contributed by atoms with Gasteiger partial charge in [-0.3, -0.25) is 14.6 Å². The van der Waals surface area contributed by atoms with Crippen molar-refractivity contribution in [3.05, 3.63) is 11.7 Å². The Morgan fingerprint density at radius 1 is 1.32 bits per heavy atom. The molecule has 2 saturated heterocycles. The summed E-state index contributed by atoms with van der Waals surface area (Å²) in [6.45, 7) is 8.57. The normalized spacial score (nSPS) is 27.2. The molecule has 3 rings (SSSR count). The molecule has 0 aromatic carbocycles. The van der Waals surface area contributed by atoms with Crippen molar-refractivity contribution in [1.82, 2.24) is 25.3 Å². The van der Waals surface area contributed by atoms with E-state index in [1.807, 2.05) is 20.8 Å². The van der Waals surface area contributed by atoms with E-state index in [9.17, 15) is 9.59 Å². The number of urea groups is 1. The van der Waals surface area contributed by atoms with Gasteiger partial charge in [-0.15, -0.1) is 0 Å². The third-order valence-corrected chi connectivity index (χ3v) is 4.46. The third-order valence-electron chi connectivity index (χ3n) is 4.46. The van der Waals surface area contributed by atoms with Crippen LogP contribution in [0.4, 0.5) is 4.79 Å². The van der Waals surface area contributed by atoms with E-state index in [4.69, 9.17) is 4.52 Å². The quantitative estimate of drug-likeness (QED) is 0.832. The van der Waals surface area contributed by atoms with Crippen molar-refractivity contribution in [1.29, 1.82) is 0 Å². The van der Waals surface area contributed by atoms with Gasteiger partial charge in [-0.05, 0) is 34.1 Å². The van der Waals surface area contributed by atoms with Gasteiger partial charge < -0.3 is 9.84 Å². The first kappa shape index (κ1) is 15.0. The highest BCUT2D eigenvalue weighted by Gasteiger charge is 2.56. The van der Waals surface area contributed by atoms with Gasteiger partial charge >= 0.3 is 6.03 Å². The molecular formula is C14H21N5O3. The summed E-state index contributed by atoms with van der Waals surface area (Å²) in [5, 5.41) is 6.68. The second kappa shape index (κ2) is 5.05. The van der Waals surface area contributed by atoms with Gasteiger partial charge in [0, 0.05) is 19.1 Å². The van der Waals surface area contributed by atoms with Crippen molar-refractivity contribution in [2.75, 3.05) is 13.1 Å². The molecule has 2 aliphatic rings. The Labute approximate surface area is 128 Å². The van der Waals surface area contributed by atoms with Crippen LogP contribution in [0.1, 0.15) is 44.9 Å². The Hall–Kier alpha value is -1.96. The number of carbonyl (C=O) groups excluding carboxylic acids is 2. The van der Waals surface area contributed by atoms with E-state index in [2.05, 4.69) is 20.4 Å². The zero-order valence-electron chi connectivity index (χ0n) is 13.3. The molecule has 8 heteroatoms.